The van der Waals surface area contributed by atoms with Gasteiger partial charge in [0.2, 0.25) is 0 Å². The third kappa shape index (κ3) is 3.97. The van der Waals surface area contributed by atoms with Gasteiger partial charge in [0.15, 0.2) is 17.3 Å². The summed E-state index contributed by atoms with van der Waals surface area (Å²) in [5, 5.41) is 0. The highest BCUT2D eigenvalue weighted by Gasteiger charge is 2.26. The first-order valence-corrected chi connectivity index (χ1v) is 7.07. The molecule has 0 aromatic heterocycles. The Hall–Kier alpha value is -2.03. The number of hydrogen-bond donors (Lipinski definition) is 0. The molecule has 0 spiro atoms. The lowest BCUT2D eigenvalue weighted by molar-refractivity contribution is -0.116. The molecule has 3 nitrogen and oxygen atoms in total. The van der Waals surface area contributed by atoms with Gasteiger partial charge >= 0.3 is 0 Å². The van der Waals surface area contributed by atoms with Crippen LogP contribution in [-0.2, 0) is 4.79 Å². The molecule has 1 aliphatic carbocycles. The Morgan fingerprint density at radius 3 is 2.38 bits per heavy atom. The molecule has 0 saturated heterocycles. The van der Waals surface area contributed by atoms with Crippen molar-refractivity contribution in [2.75, 3.05) is 14.2 Å². The zero-order valence-electron chi connectivity index (χ0n) is 13.1. The van der Waals surface area contributed by atoms with E-state index in [0.29, 0.717) is 17.9 Å². The van der Waals surface area contributed by atoms with Gasteiger partial charge in [0.25, 0.3) is 0 Å². The summed E-state index contributed by atoms with van der Waals surface area (Å²) >= 11 is 0. The van der Waals surface area contributed by atoms with E-state index in [1.165, 1.54) is 0 Å². The van der Waals surface area contributed by atoms with Crippen molar-refractivity contribution >= 4 is 11.9 Å². The number of carbonyl (C=O) groups is 1. The summed E-state index contributed by atoms with van der Waals surface area (Å²) in [6, 6.07) is 5.77. The molecular weight excluding hydrogens is 264 g/mol. The SMILES string of the molecule is COc1ccc(/C=C\C2=CC(=O)CC(C)(C)C2)cc1OC. The Morgan fingerprint density at radius 1 is 1.05 bits per heavy atom. The van der Waals surface area contributed by atoms with E-state index in [1.807, 2.05) is 30.4 Å². The van der Waals surface area contributed by atoms with Crippen molar-refractivity contribution in [3.05, 3.63) is 41.5 Å². The van der Waals surface area contributed by atoms with Crippen LogP contribution >= 0.6 is 0 Å². The van der Waals surface area contributed by atoms with E-state index >= 15 is 0 Å². The summed E-state index contributed by atoms with van der Waals surface area (Å²) < 4.78 is 10.5. The molecule has 1 aliphatic rings. The number of carbonyl (C=O) groups excluding carboxylic acids is 1. The van der Waals surface area contributed by atoms with Crippen molar-refractivity contribution in [2.45, 2.75) is 26.7 Å². The second-order valence-corrected chi connectivity index (χ2v) is 6.15. The van der Waals surface area contributed by atoms with E-state index in [1.54, 1.807) is 20.3 Å². The lowest BCUT2D eigenvalue weighted by Gasteiger charge is -2.27. The van der Waals surface area contributed by atoms with Gasteiger partial charge in [-0.2, -0.15) is 0 Å². The minimum Gasteiger partial charge on any atom is -0.493 e. The number of ketones is 1. The molecule has 1 aromatic carbocycles. The monoisotopic (exact) mass is 286 g/mol. The summed E-state index contributed by atoms with van der Waals surface area (Å²) in [5.74, 6) is 1.62. The topological polar surface area (TPSA) is 35.5 Å². The van der Waals surface area contributed by atoms with Crippen LogP contribution in [-0.4, -0.2) is 20.0 Å². The third-order valence-electron chi connectivity index (χ3n) is 3.58. The van der Waals surface area contributed by atoms with Gasteiger partial charge in [0, 0.05) is 6.42 Å². The zero-order chi connectivity index (χ0) is 15.5. The normalized spacial score (nSPS) is 17.7. The Kier molecular flexibility index (Phi) is 4.51. The molecule has 0 fully saturated rings. The van der Waals surface area contributed by atoms with E-state index in [2.05, 4.69) is 13.8 Å². The van der Waals surface area contributed by atoms with Crippen molar-refractivity contribution in [2.24, 2.45) is 5.41 Å². The molecule has 0 N–H and O–H groups in total. The van der Waals surface area contributed by atoms with Gasteiger partial charge in [-0.1, -0.05) is 32.1 Å². The molecule has 21 heavy (non-hydrogen) atoms. The maximum Gasteiger partial charge on any atom is 0.161 e. The molecule has 0 bridgehead atoms. The van der Waals surface area contributed by atoms with E-state index in [9.17, 15) is 4.79 Å². The van der Waals surface area contributed by atoms with Crippen LogP contribution in [0.4, 0.5) is 0 Å². The van der Waals surface area contributed by atoms with Crippen LogP contribution in [0, 0.1) is 5.41 Å². The summed E-state index contributed by atoms with van der Waals surface area (Å²) in [5.41, 5.74) is 2.14. The fourth-order valence-corrected chi connectivity index (χ4v) is 2.66. The van der Waals surface area contributed by atoms with Gasteiger partial charge in [0.1, 0.15) is 0 Å². The standard InChI is InChI=1S/C18H22O3/c1-18(2)11-14(9-15(19)12-18)6-5-13-7-8-16(20-3)17(10-13)21-4/h5-10H,11-12H2,1-4H3/b6-5-. The molecule has 0 atom stereocenters. The largest absolute Gasteiger partial charge is 0.493 e. The van der Waals surface area contributed by atoms with Gasteiger partial charge < -0.3 is 9.47 Å². The van der Waals surface area contributed by atoms with Gasteiger partial charge in [0.05, 0.1) is 14.2 Å². The first-order valence-electron chi connectivity index (χ1n) is 7.07. The van der Waals surface area contributed by atoms with Crippen LogP contribution in [0.15, 0.2) is 35.9 Å². The van der Waals surface area contributed by atoms with Crippen LogP contribution in [0.25, 0.3) is 6.08 Å². The van der Waals surface area contributed by atoms with Crippen LogP contribution in [0.1, 0.15) is 32.3 Å². The number of benzene rings is 1. The Balaban J connectivity index is 2.20. The van der Waals surface area contributed by atoms with E-state index in [-0.39, 0.29) is 11.2 Å². The van der Waals surface area contributed by atoms with E-state index in [4.69, 9.17) is 9.47 Å². The Bertz CT molecular complexity index is 594. The maximum absolute atomic E-state index is 11.7. The predicted octanol–water partition coefficient (Wildman–Crippen LogP) is 4.03. The molecule has 0 heterocycles. The Morgan fingerprint density at radius 2 is 1.76 bits per heavy atom. The average Bonchev–Trinajstić information content (AvgIpc) is 2.42. The fraction of sp³-hybridized carbons (Fsp3) is 0.389. The second-order valence-electron chi connectivity index (χ2n) is 6.15. The molecule has 0 radical (unpaired) electrons. The fourth-order valence-electron chi connectivity index (χ4n) is 2.66. The van der Waals surface area contributed by atoms with Gasteiger partial charge in [-0.15, -0.1) is 0 Å². The number of allylic oxidation sites excluding steroid dienone is 3. The van der Waals surface area contributed by atoms with Crippen molar-refractivity contribution in [3.63, 3.8) is 0 Å². The molecule has 0 amide bonds. The molecule has 112 valence electrons. The summed E-state index contributed by atoms with van der Waals surface area (Å²) in [7, 11) is 3.24. The van der Waals surface area contributed by atoms with E-state index in [0.717, 1.165) is 17.6 Å². The molecule has 3 heteroatoms. The number of rotatable bonds is 4. The summed E-state index contributed by atoms with van der Waals surface area (Å²) in [6.07, 6.45) is 7.31. The smallest absolute Gasteiger partial charge is 0.161 e. The summed E-state index contributed by atoms with van der Waals surface area (Å²) in [6.45, 7) is 4.25. The lowest BCUT2D eigenvalue weighted by atomic mass is 9.77. The highest BCUT2D eigenvalue weighted by Crippen LogP contribution is 2.34. The molecule has 2 rings (SSSR count). The third-order valence-corrected chi connectivity index (χ3v) is 3.58. The second kappa shape index (κ2) is 6.17. The van der Waals surface area contributed by atoms with Gasteiger partial charge in [-0.25, -0.2) is 0 Å². The minimum atomic E-state index is 0.0447. The van der Waals surface area contributed by atoms with Crippen LogP contribution in [0.3, 0.4) is 0 Å². The quantitative estimate of drug-likeness (QED) is 0.838. The van der Waals surface area contributed by atoms with E-state index < -0.39 is 0 Å². The number of methoxy groups -OCH3 is 2. The van der Waals surface area contributed by atoms with Crippen molar-refractivity contribution < 1.29 is 14.3 Å². The molecule has 1 aromatic rings. The van der Waals surface area contributed by atoms with Crippen LogP contribution in [0.5, 0.6) is 11.5 Å². The van der Waals surface area contributed by atoms with Crippen molar-refractivity contribution in [3.8, 4) is 11.5 Å². The average molecular weight is 286 g/mol. The van der Waals surface area contributed by atoms with Crippen molar-refractivity contribution in [1.82, 2.24) is 0 Å². The first-order chi connectivity index (χ1) is 9.93. The predicted molar refractivity (Wildman–Crippen MR) is 84.7 cm³/mol. The Labute approximate surface area is 126 Å². The van der Waals surface area contributed by atoms with Crippen LogP contribution < -0.4 is 9.47 Å². The molecule has 0 saturated carbocycles. The number of hydrogen-bond acceptors (Lipinski definition) is 3. The van der Waals surface area contributed by atoms with Crippen molar-refractivity contribution in [1.29, 1.82) is 0 Å². The first kappa shape index (κ1) is 15.4. The molecule has 0 unspecified atom stereocenters. The summed E-state index contributed by atoms with van der Waals surface area (Å²) in [4.78, 5) is 11.7. The highest BCUT2D eigenvalue weighted by molar-refractivity contribution is 5.92. The zero-order valence-corrected chi connectivity index (χ0v) is 13.1. The molecular formula is C18H22O3. The van der Waals surface area contributed by atoms with Gasteiger partial charge in [-0.3, -0.25) is 4.79 Å². The lowest BCUT2D eigenvalue weighted by Crippen LogP contribution is -2.21. The highest BCUT2D eigenvalue weighted by atomic mass is 16.5. The van der Waals surface area contributed by atoms with Crippen LogP contribution in [0.2, 0.25) is 0 Å². The maximum atomic E-state index is 11.7. The van der Waals surface area contributed by atoms with Gasteiger partial charge in [-0.05, 0) is 41.2 Å². The molecule has 0 aliphatic heterocycles. The number of ether oxygens (including phenoxy) is 2. The minimum absolute atomic E-state index is 0.0447.